The van der Waals surface area contributed by atoms with Gasteiger partial charge in [-0.25, -0.2) is 4.79 Å². The number of para-hydroxylation sites is 1. The fraction of sp³-hybridized carbons (Fsp3) is 0.409. The number of rotatable bonds is 6. The molecule has 2 aliphatic rings. The molecule has 2 saturated heterocycles. The van der Waals surface area contributed by atoms with Gasteiger partial charge >= 0.3 is 5.97 Å². The van der Waals surface area contributed by atoms with E-state index < -0.39 is 0 Å². The average molecular weight is 351 g/mol. The lowest BCUT2D eigenvalue weighted by molar-refractivity contribution is -0.956. The van der Waals surface area contributed by atoms with Gasteiger partial charge in [-0.2, -0.15) is 0 Å². The van der Waals surface area contributed by atoms with E-state index in [0.29, 0.717) is 17.6 Å². The maximum atomic E-state index is 12.8. The summed E-state index contributed by atoms with van der Waals surface area (Å²) in [6, 6.07) is 8.91. The third kappa shape index (κ3) is 2.69. The molecule has 4 nitrogen and oxygen atoms in total. The number of nitrogens with zero attached hydrogens (tertiary/aromatic N) is 1. The summed E-state index contributed by atoms with van der Waals surface area (Å²) < 4.78 is 7.00. The molecule has 0 saturated carbocycles. The largest absolute Gasteiger partial charge is 0.458 e. The van der Waals surface area contributed by atoms with Crippen molar-refractivity contribution in [2.45, 2.75) is 43.9 Å². The standard InChI is InChI=1S/C22H26N2O2/c1-3-11-24(12-4-2)16-9-10-17(24)14-18(13-16)26-22(25)20-15-23-21-8-6-5-7-19(20)21/h3-8,15-18H,1-2,9-14H2/p+1. The number of hydrogen-bond donors (Lipinski definition) is 1. The third-order valence-electron chi connectivity index (χ3n) is 6.38. The molecule has 2 fully saturated rings. The first kappa shape index (κ1) is 17.1. The molecule has 4 heteroatoms. The number of benzene rings is 1. The summed E-state index contributed by atoms with van der Waals surface area (Å²) in [4.78, 5) is 15.9. The molecule has 2 aromatic rings. The van der Waals surface area contributed by atoms with Crippen molar-refractivity contribution in [3.05, 3.63) is 61.3 Å². The van der Waals surface area contributed by atoms with Gasteiger partial charge in [-0.05, 0) is 18.2 Å². The summed E-state index contributed by atoms with van der Waals surface area (Å²) in [7, 11) is 0. The summed E-state index contributed by atoms with van der Waals surface area (Å²) in [5.74, 6) is -0.209. The van der Waals surface area contributed by atoms with Gasteiger partial charge in [0.25, 0.3) is 0 Å². The number of fused-ring (bicyclic) bond motifs is 3. The lowest BCUT2D eigenvalue weighted by Crippen LogP contribution is -2.61. The van der Waals surface area contributed by atoms with Crippen LogP contribution >= 0.6 is 0 Å². The van der Waals surface area contributed by atoms with E-state index in [1.807, 2.05) is 36.4 Å². The average Bonchev–Trinajstić information content (AvgIpc) is 3.11. The van der Waals surface area contributed by atoms with Gasteiger partial charge in [0, 0.05) is 42.8 Å². The van der Waals surface area contributed by atoms with Crippen molar-refractivity contribution in [3.63, 3.8) is 0 Å². The number of carbonyl (C=O) groups is 1. The predicted octanol–water partition coefficient (Wildman–Crippen LogP) is 4.21. The van der Waals surface area contributed by atoms with E-state index in [-0.39, 0.29) is 12.1 Å². The van der Waals surface area contributed by atoms with Crippen molar-refractivity contribution >= 4 is 16.9 Å². The first-order chi connectivity index (χ1) is 12.7. The van der Waals surface area contributed by atoms with Crippen LogP contribution in [0.25, 0.3) is 10.9 Å². The Bertz CT molecular complexity index is 812. The number of H-pyrrole nitrogens is 1. The fourth-order valence-electron chi connectivity index (χ4n) is 5.26. The van der Waals surface area contributed by atoms with Crippen LogP contribution in [-0.4, -0.2) is 46.7 Å². The highest BCUT2D eigenvalue weighted by Gasteiger charge is 2.53. The molecule has 4 rings (SSSR count). The Morgan fingerprint density at radius 3 is 2.46 bits per heavy atom. The zero-order chi connectivity index (χ0) is 18.1. The highest BCUT2D eigenvalue weighted by Crippen LogP contribution is 2.43. The Kier molecular flexibility index (Phi) is 4.45. The quantitative estimate of drug-likeness (QED) is 0.481. The zero-order valence-electron chi connectivity index (χ0n) is 15.2. The van der Waals surface area contributed by atoms with E-state index in [9.17, 15) is 4.79 Å². The molecule has 2 unspecified atom stereocenters. The summed E-state index contributed by atoms with van der Waals surface area (Å²) in [6.45, 7) is 9.89. The van der Waals surface area contributed by atoms with Gasteiger partial charge in [0.15, 0.2) is 0 Å². The van der Waals surface area contributed by atoms with Crippen molar-refractivity contribution in [1.82, 2.24) is 4.98 Å². The van der Waals surface area contributed by atoms with Crippen LogP contribution < -0.4 is 0 Å². The molecule has 2 bridgehead atoms. The van der Waals surface area contributed by atoms with E-state index in [0.717, 1.165) is 41.3 Å². The molecular formula is C22H27N2O2+. The second-order valence-corrected chi connectivity index (χ2v) is 7.68. The van der Waals surface area contributed by atoms with Crippen molar-refractivity contribution in [2.75, 3.05) is 13.1 Å². The molecule has 26 heavy (non-hydrogen) atoms. The SMILES string of the molecule is C=CC[N+]1(CC=C)C2CCC1CC(OC(=O)c1c[nH]c3ccccc13)C2. The van der Waals surface area contributed by atoms with Crippen LogP contribution in [0.5, 0.6) is 0 Å². The summed E-state index contributed by atoms with van der Waals surface area (Å²) >= 11 is 0. The molecule has 136 valence electrons. The fourth-order valence-corrected chi connectivity index (χ4v) is 5.26. The number of esters is 1. The minimum Gasteiger partial charge on any atom is -0.458 e. The number of carbonyl (C=O) groups excluding carboxylic acids is 1. The van der Waals surface area contributed by atoms with Gasteiger partial charge in [-0.3, -0.25) is 0 Å². The lowest BCUT2D eigenvalue weighted by atomic mass is 9.95. The first-order valence-corrected chi connectivity index (χ1v) is 9.53. The van der Waals surface area contributed by atoms with Crippen LogP contribution in [0.3, 0.4) is 0 Å². The van der Waals surface area contributed by atoms with Crippen molar-refractivity contribution in [3.8, 4) is 0 Å². The third-order valence-corrected chi connectivity index (χ3v) is 6.38. The normalized spacial score (nSPS) is 26.5. The monoisotopic (exact) mass is 351 g/mol. The Morgan fingerprint density at radius 1 is 1.15 bits per heavy atom. The van der Waals surface area contributed by atoms with Crippen LogP contribution in [0, 0.1) is 0 Å². The van der Waals surface area contributed by atoms with E-state index >= 15 is 0 Å². The minimum atomic E-state index is -0.209. The van der Waals surface area contributed by atoms with E-state index in [1.165, 1.54) is 12.8 Å². The van der Waals surface area contributed by atoms with Crippen molar-refractivity contribution in [1.29, 1.82) is 0 Å². The van der Waals surface area contributed by atoms with Crippen molar-refractivity contribution in [2.24, 2.45) is 0 Å². The molecule has 2 aliphatic heterocycles. The number of piperidine rings is 1. The van der Waals surface area contributed by atoms with E-state index in [2.05, 4.69) is 18.1 Å². The first-order valence-electron chi connectivity index (χ1n) is 9.53. The van der Waals surface area contributed by atoms with Crippen LogP contribution in [0.4, 0.5) is 0 Å². The molecular weight excluding hydrogens is 324 g/mol. The van der Waals surface area contributed by atoms with E-state index in [1.54, 1.807) is 6.20 Å². The Morgan fingerprint density at radius 2 is 1.81 bits per heavy atom. The molecule has 0 radical (unpaired) electrons. The minimum absolute atomic E-state index is 0.00884. The summed E-state index contributed by atoms with van der Waals surface area (Å²) in [6.07, 6.45) is 10.1. The van der Waals surface area contributed by atoms with Gasteiger partial charge in [0.1, 0.15) is 6.10 Å². The highest BCUT2D eigenvalue weighted by atomic mass is 16.5. The van der Waals surface area contributed by atoms with Gasteiger partial charge in [0.2, 0.25) is 0 Å². The van der Waals surface area contributed by atoms with Crippen LogP contribution in [0.15, 0.2) is 55.8 Å². The smallest absolute Gasteiger partial charge is 0.340 e. The van der Waals surface area contributed by atoms with E-state index in [4.69, 9.17) is 4.74 Å². The van der Waals surface area contributed by atoms with Gasteiger partial charge in [-0.15, -0.1) is 0 Å². The molecule has 1 aromatic heterocycles. The predicted molar refractivity (Wildman–Crippen MR) is 104 cm³/mol. The Labute approximate surface area is 154 Å². The maximum absolute atomic E-state index is 12.8. The van der Waals surface area contributed by atoms with Crippen LogP contribution in [-0.2, 0) is 4.74 Å². The topological polar surface area (TPSA) is 42.1 Å². The number of nitrogens with one attached hydrogen (secondary N) is 1. The molecule has 1 N–H and O–H groups in total. The Hall–Kier alpha value is -2.33. The molecule has 0 amide bonds. The number of aromatic nitrogens is 1. The second kappa shape index (κ2) is 6.76. The molecule has 2 atom stereocenters. The highest BCUT2D eigenvalue weighted by molar-refractivity contribution is 6.04. The number of quaternary nitrogens is 1. The summed E-state index contributed by atoms with van der Waals surface area (Å²) in [5, 5.41) is 0.930. The van der Waals surface area contributed by atoms with Gasteiger partial charge in [0.05, 0.1) is 30.7 Å². The van der Waals surface area contributed by atoms with Gasteiger partial charge < -0.3 is 14.2 Å². The van der Waals surface area contributed by atoms with Crippen LogP contribution in [0.1, 0.15) is 36.0 Å². The molecule has 0 spiro atoms. The molecule has 0 aliphatic carbocycles. The Balaban J connectivity index is 1.50. The second-order valence-electron chi connectivity index (χ2n) is 7.68. The van der Waals surface area contributed by atoms with Gasteiger partial charge in [-0.1, -0.05) is 31.4 Å². The number of hydrogen-bond acceptors (Lipinski definition) is 2. The molecule has 3 heterocycles. The number of aromatic amines is 1. The van der Waals surface area contributed by atoms with Crippen LogP contribution in [0.2, 0.25) is 0 Å². The maximum Gasteiger partial charge on any atom is 0.340 e. The number of ether oxygens (including phenoxy) is 1. The molecule has 1 aromatic carbocycles. The lowest BCUT2D eigenvalue weighted by Gasteiger charge is -2.48. The summed E-state index contributed by atoms with van der Waals surface area (Å²) in [5.41, 5.74) is 1.60. The van der Waals surface area contributed by atoms with Crippen molar-refractivity contribution < 1.29 is 14.0 Å². The zero-order valence-corrected chi connectivity index (χ0v) is 15.2.